The molecule has 0 spiro atoms. The summed E-state index contributed by atoms with van der Waals surface area (Å²) in [6, 6.07) is 9.36. The molecule has 0 bridgehead atoms. The van der Waals surface area contributed by atoms with Gasteiger partial charge in [0.1, 0.15) is 0 Å². The molecular formula is C16H24N2O. The van der Waals surface area contributed by atoms with Gasteiger partial charge in [-0.25, -0.2) is 0 Å². The van der Waals surface area contributed by atoms with Crippen LogP contribution in [-0.2, 0) is 11.2 Å². The van der Waals surface area contributed by atoms with Gasteiger partial charge in [0.2, 0.25) is 0 Å². The molecule has 2 aliphatic rings. The van der Waals surface area contributed by atoms with E-state index in [2.05, 4.69) is 41.4 Å². The summed E-state index contributed by atoms with van der Waals surface area (Å²) >= 11 is 0. The van der Waals surface area contributed by atoms with Crippen molar-refractivity contribution in [3.63, 3.8) is 0 Å². The molecule has 2 heterocycles. The molecule has 2 atom stereocenters. The highest BCUT2D eigenvalue weighted by Gasteiger charge is 2.25. The fourth-order valence-electron chi connectivity index (χ4n) is 3.21. The third-order valence-corrected chi connectivity index (χ3v) is 4.33. The van der Waals surface area contributed by atoms with Gasteiger partial charge in [-0.05, 0) is 30.5 Å². The monoisotopic (exact) mass is 260 g/mol. The topological polar surface area (TPSA) is 24.5 Å². The molecule has 0 saturated carbocycles. The van der Waals surface area contributed by atoms with Gasteiger partial charge in [-0.2, -0.15) is 0 Å². The van der Waals surface area contributed by atoms with Crippen LogP contribution in [0.2, 0.25) is 0 Å². The molecule has 3 rings (SSSR count). The van der Waals surface area contributed by atoms with Gasteiger partial charge in [0, 0.05) is 25.7 Å². The van der Waals surface area contributed by atoms with E-state index in [1.54, 1.807) is 0 Å². The Hall–Kier alpha value is -0.900. The number of benzene rings is 1. The third-order valence-electron chi connectivity index (χ3n) is 4.33. The molecule has 0 radical (unpaired) electrons. The first kappa shape index (κ1) is 13.1. The maximum Gasteiger partial charge on any atom is 0.0700 e. The molecule has 1 aromatic carbocycles. The van der Waals surface area contributed by atoms with Crippen molar-refractivity contribution in [1.82, 2.24) is 10.2 Å². The minimum atomic E-state index is 0.424. The SMILES string of the molecule is CCC1CN(CC2NCCc3ccccc32)CCO1. The zero-order valence-electron chi connectivity index (χ0n) is 11.8. The Morgan fingerprint density at radius 1 is 1.37 bits per heavy atom. The highest BCUT2D eigenvalue weighted by Crippen LogP contribution is 2.24. The van der Waals surface area contributed by atoms with Crippen LogP contribution in [0.5, 0.6) is 0 Å². The van der Waals surface area contributed by atoms with Crippen LogP contribution >= 0.6 is 0 Å². The highest BCUT2D eigenvalue weighted by atomic mass is 16.5. The van der Waals surface area contributed by atoms with Gasteiger partial charge in [-0.3, -0.25) is 4.90 Å². The second-order valence-electron chi connectivity index (χ2n) is 5.62. The van der Waals surface area contributed by atoms with Crippen LogP contribution in [0, 0.1) is 0 Å². The van der Waals surface area contributed by atoms with E-state index in [1.165, 1.54) is 11.1 Å². The van der Waals surface area contributed by atoms with Crippen LogP contribution in [0.3, 0.4) is 0 Å². The van der Waals surface area contributed by atoms with Crippen molar-refractivity contribution in [2.24, 2.45) is 0 Å². The van der Waals surface area contributed by atoms with Gasteiger partial charge in [0.25, 0.3) is 0 Å². The standard InChI is InChI=1S/C16H24N2O/c1-2-14-11-18(9-10-19-14)12-16-15-6-4-3-5-13(15)7-8-17-16/h3-6,14,16-17H,2,7-12H2,1H3. The molecule has 0 amide bonds. The summed E-state index contributed by atoms with van der Waals surface area (Å²) in [4.78, 5) is 2.55. The molecule has 104 valence electrons. The lowest BCUT2D eigenvalue weighted by Crippen LogP contribution is -2.46. The minimum absolute atomic E-state index is 0.424. The summed E-state index contributed by atoms with van der Waals surface area (Å²) in [5.41, 5.74) is 3.01. The maximum atomic E-state index is 5.75. The Balaban J connectivity index is 1.67. The Bertz CT molecular complexity index is 421. The summed E-state index contributed by atoms with van der Waals surface area (Å²) in [6.07, 6.45) is 2.70. The predicted molar refractivity (Wildman–Crippen MR) is 77.4 cm³/mol. The van der Waals surface area contributed by atoms with E-state index in [0.29, 0.717) is 12.1 Å². The average molecular weight is 260 g/mol. The van der Waals surface area contributed by atoms with Crippen molar-refractivity contribution in [3.8, 4) is 0 Å². The second-order valence-corrected chi connectivity index (χ2v) is 5.62. The first-order valence-electron chi connectivity index (χ1n) is 7.52. The van der Waals surface area contributed by atoms with Gasteiger partial charge in [-0.1, -0.05) is 31.2 Å². The molecule has 1 aromatic rings. The number of hydrogen-bond acceptors (Lipinski definition) is 3. The van der Waals surface area contributed by atoms with Gasteiger partial charge in [0.05, 0.1) is 12.7 Å². The quantitative estimate of drug-likeness (QED) is 0.899. The third kappa shape index (κ3) is 2.99. The molecule has 2 aliphatic heterocycles. The van der Waals surface area contributed by atoms with Crippen molar-refractivity contribution in [1.29, 1.82) is 0 Å². The molecule has 2 unspecified atom stereocenters. The van der Waals surface area contributed by atoms with Crippen LogP contribution in [0.4, 0.5) is 0 Å². The highest BCUT2D eigenvalue weighted by molar-refractivity contribution is 5.32. The zero-order chi connectivity index (χ0) is 13.1. The predicted octanol–water partition coefficient (Wildman–Crippen LogP) is 1.98. The van der Waals surface area contributed by atoms with Gasteiger partial charge >= 0.3 is 0 Å². The molecule has 1 saturated heterocycles. The smallest absolute Gasteiger partial charge is 0.0700 e. The van der Waals surface area contributed by atoms with Crippen molar-refractivity contribution < 1.29 is 4.74 Å². The first-order chi connectivity index (χ1) is 9.36. The summed E-state index contributed by atoms with van der Waals surface area (Å²) < 4.78 is 5.75. The zero-order valence-corrected chi connectivity index (χ0v) is 11.8. The lowest BCUT2D eigenvalue weighted by molar-refractivity contribution is -0.0324. The Morgan fingerprint density at radius 2 is 2.26 bits per heavy atom. The van der Waals surface area contributed by atoms with E-state index in [-0.39, 0.29) is 0 Å². The van der Waals surface area contributed by atoms with E-state index in [1.807, 2.05) is 0 Å². The molecule has 3 nitrogen and oxygen atoms in total. The summed E-state index contributed by atoms with van der Waals surface area (Å²) in [5.74, 6) is 0. The fourth-order valence-corrected chi connectivity index (χ4v) is 3.21. The van der Waals surface area contributed by atoms with E-state index in [4.69, 9.17) is 4.74 Å². The molecule has 3 heteroatoms. The molecule has 1 fully saturated rings. The second kappa shape index (κ2) is 6.04. The summed E-state index contributed by atoms with van der Waals surface area (Å²) in [5, 5.41) is 3.67. The number of ether oxygens (including phenoxy) is 1. The van der Waals surface area contributed by atoms with Gasteiger partial charge in [-0.15, -0.1) is 0 Å². The maximum absolute atomic E-state index is 5.75. The van der Waals surface area contributed by atoms with E-state index in [0.717, 1.165) is 45.6 Å². The number of morpholine rings is 1. The lowest BCUT2D eigenvalue weighted by Gasteiger charge is -2.36. The summed E-state index contributed by atoms with van der Waals surface area (Å²) in [6.45, 7) is 7.45. The minimum Gasteiger partial charge on any atom is -0.376 e. The fraction of sp³-hybridized carbons (Fsp3) is 0.625. The Labute approximate surface area is 115 Å². The van der Waals surface area contributed by atoms with Crippen LogP contribution in [0.25, 0.3) is 0 Å². The van der Waals surface area contributed by atoms with Crippen LogP contribution in [-0.4, -0.2) is 43.8 Å². The van der Waals surface area contributed by atoms with Crippen molar-refractivity contribution in [2.75, 3.05) is 32.8 Å². The number of nitrogens with one attached hydrogen (secondary N) is 1. The lowest BCUT2D eigenvalue weighted by atomic mass is 9.94. The van der Waals surface area contributed by atoms with Crippen molar-refractivity contribution >= 4 is 0 Å². The molecule has 0 aliphatic carbocycles. The Morgan fingerprint density at radius 3 is 3.16 bits per heavy atom. The van der Waals surface area contributed by atoms with Gasteiger partial charge < -0.3 is 10.1 Å². The van der Waals surface area contributed by atoms with Crippen LogP contribution in [0.15, 0.2) is 24.3 Å². The number of nitrogens with zero attached hydrogens (tertiary/aromatic N) is 1. The largest absolute Gasteiger partial charge is 0.376 e. The molecule has 19 heavy (non-hydrogen) atoms. The summed E-state index contributed by atoms with van der Waals surface area (Å²) in [7, 11) is 0. The van der Waals surface area contributed by atoms with Crippen LogP contribution < -0.4 is 5.32 Å². The molecule has 1 N–H and O–H groups in total. The normalized spacial score (nSPS) is 28.1. The van der Waals surface area contributed by atoms with Crippen molar-refractivity contribution in [3.05, 3.63) is 35.4 Å². The van der Waals surface area contributed by atoms with E-state index >= 15 is 0 Å². The van der Waals surface area contributed by atoms with Crippen molar-refractivity contribution in [2.45, 2.75) is 31.9 Å². The van der Waals surface area contributed by atoms with E-state index in [9.17, 15) is 0 Å². The average Bonchev–Trinajstić information content (AvgIpc) is 2.48. The number of hydrogen-bond donors (Lipinski definition) is 1. The molecule has 0 aromatic heterocycles. The first-order valence-corrected chi connectivity index (χ1v) is 7.52. The number of rotatable bonds is 3. The van der Waals surface area contributed by atoms with E-state index < -0.39 is 0 Å². The van der Waals surface area contributed by atoms with Gasteiger partial charge in [0.15, 0.2) is 0 Å². The number of fused-ring (bicyclic) bond motifs is 1. The Kier molecular flexibility index (Phi) is 4.16. The van der Waals surface area contributed by atoms with Crippen LogP contribution in [0.1, 0.15) is 30.5 Å². The molecular weight excluding hydrogens is 236 g/mol.